The van der Waals surface area contributed by atoms with Crippen LogP contribution in [0.4, 0.5) is 17.6 Å². The Labute approximate surface area is 122 Å². The molecular weight excluding hydrogens is 306 g/mol. The first-order chi connectivity index (χ1) is 10.3. The van der Waals surface area contributed by atoms with E-state index >= 15 is 0 Å². The zero-order valence-corrected chi connectivity index (χ0v) is 10.9. The number of hydrogen-bond acceptors (Lipinski definition) is 3. The molecule has 0 aliphatic rings. The third-order valence-corrected chi connectivity index (χ3v) is 2.64. The molecule has 0 unspecified atom stereocenters. The molecule has 0 fully saturated rings. The van der Waals surface area contributed by atoms with E-state index in [0.717, 1.165) is 6.07 Å². The minimum atomic E-state index is -4.91. The van der Waals surface area contributed by atoms with Crippen molar-refractivity contribution >= 4 is 5.97 Å². The van der Waals surface area contributed by atoms with Crippen LogP contribution in [0, 0.1) is 5.95 Å². The van der Waals surface area contributed by atoms with Crippen molar-refractivity contribution in [3.63, 3.8) is 0 Å². The number of carbonyl (C=O) groups is 1. The number of ether oxygens (including phenoxy) is 1. The van der Waals surface area contributed by atoms with Gasteiger partial charge in [0, 0.05) is 11.1 Å². The molecule has 0 spiro atoms. The highest BCUT2D eigenvalue weighted by molar-refractivity contribution is 5.72. The van der Waals surface area contributed by atoms with Gasteiger partial charge in [-0.1, -0.05) is 18.2 Å². The highest BCUT2D eigenvalue weighted by Crippen LogP contribution is 2.34. The average molecular weight is 315 g/mol. The van der Waals surface area contributed by atoms with Gasteiger partial charge in [-0.05, 0) is 18.2 Å². The van der Waals surface area contributed by atoms with E-state index in [0.29, 0.717) is 0 Å². The van der Waals surface area contributed by atoms with Crippen molar-refractivity contribution in [1.82, 2.24) is 4.98 Å². The summed E-state index contributed by atoms with van der Waals surface area (Å²) < 4.78 is 54.9. The van der Waals surface area contributed by atoms with E-state index in [2.05, 4.69) is 9.72 Å². The number of nitrogens with zero attached hydrogens (tertiary/aromatic N) is 1. The van der Waals surface area contributed by atoms with Gasteiger partial charge in [-0.2, -0.15) is 4.39 Å². The smallest absolute Gasteiger partial charge is 0.481 e. The number of pyridine rings is 1. The van der Waals surface area contributed by atoms with E-state index in [-0.39, 0.29) is 16.8 Å². The minimum Gasteiger partial charge on any atom is -0.481 e. The molecule has 0 amide bonds. The van der Waals surface area contributed by atoms with Crippen molar-refractivity contribution in [2.75, 3.05) is 0 Å². The number of aromatic nitrogens is 1. The lowest BCUT2D eigenvalue weighted by Gasteiger charge is -2.13. The Morgan fingerprint density at radius 2 is 1.82 bits per heavy atom. The Balaban J connectivity index is 2.42. The molecule has 0 aliphatic heterocycles. The predicted octanol–water partition coefficient (Wildman–Crippen LogP) is 3.41. The molecule has 1 heterocycles. The number of halogens is 4. The molecule has 0 aliphatic carbocycles. The van der Waals surface area contributed by atoms with Gasteiger partial charge < -0.3 is 9.84 Å². The molecule has 2 rings (SSSR count). The van der Waals surface area contributed by atoms with Crippen LogP contribution >= 0.6 is 0 Å². The van der Waals surface area contributed by atoms with Crippen molar-refractivity contribution in [3.05, 3.63) is 48.0 Å². The number of carboxylic acid groups (broad SMARTS) is 1. The Hall–Kier alpha value is -2.64. The summed E-state index contributed by atoms with van der Waals surface area (Å²) >= 11 is 0. The number of rotatable bonds is 4. The maximum absolute atomic E-state index is 14.0. The summed E-state index contributed by atoms with van der Waals surface area (Å²) in [5, 5.41) is 8.61. The van der Waals surface area contributed by atoms with Crippen LogP contribution in [-0.4, -0.2) is 22.4 Å². The molecule has 116 valence electrons. The molecule has 0 saturated heterocycles. The maximum atomic E-state index is 14.0. The predicted molar refractivity (Wildman–Crippen MR) is 67.7 cm³/mol. The van der Waals surface area contributed by atoms with Crippen molar-refractivity contribution in [2.45, 2.75) is 12.8 Å². The van der Waals surface area contributed by atoms with Gasteiger partial charge in [0.1, 0.15) is 5.75 Å². The van der Waals surface area contributed by atoms with Gasteiger partial charge in [0.25, 0.3) is 0 Å². The van der Waals surface area contributed by atoms with Crippen LogP contribution in [0.1, 0.15) is 5.69 Å². The summed E-state index contributed by atoms with van der Waals surface area (Å²) in [6, 6.07) is 7.43. The summed E-state index contributed by atoms with van der Waals surface area (Å²) in [5.41, 5.74) is -0.386. The molecule has 0 radical (unpaired) electrons. The number of carboxylic acids is 1. The second-order valence-electron chi connectivity index (χ2n) is 4.26. The molecule has 1 N–H and O–H groups in total. The highest BCUT2D eigenvalue weighted by Gasteiger charge is 2.32. The molecule has 8 heteroatoms. The standard InChI is InChI=1S/C14H9F4NO3/c15-13-10(6-5-8(19-13)7-12(20)21)9-3-1-2-4-11(9)22-14(16,17)18/h1-6H,7H2,(H,20,21). The number of hydrogen-bond donors (Lipinski definition) is 1. The summed E-state index contributed by atoms with van der Waals surface area (Å²) in [6.45, 7) is 0. The number of benzene rings is 1. The van der Waals surface area contributed by atoms with Crippen LogP contribution in [0.3, 0.4) is 0 Å². The molecule has 0 saturated carbocycles. The van der Waals surface area contributed by atoms with Crippen molar-refractivity contribution in [1.29, 1.82) is 0 Å². The third-order valence-electron chi connectivity index (χ3n) is 2.64. The van der Waals surface area contributed by atoms with Gasteiger partial charge in [-0.3, -0.25) is 4.79 Å². The summed E-state index contributed by atoms with van der Waals surface area (Å²) in [7, 11) is 0. The van der Waals surface area contributed by atoms with Gasteiger partial charge >= 0.3 is 12.3 Å². The van der Waals surface area contributed by atoms with Gasteiger partial charge in [0.2, 0.25) is 5.95 Å². The van der Waals surface area contributed by atoms with E-state index < -0.39 is 30.4 Å². The monoisotopic (exact) mass is 315 g/mol. The molecule has 4 nitrogen and oxygen atoms in total. The molecule has 0 bridgehead atoms. The van der Waals surface area contributed by atoms with E-state index in [1.54, 1.807) is 0 Å². The SMILES string of the molecule is O=C(O)Cc1ccc(-c2ccccc2OC(F)(F)F)c(F)n1. The molecule has 1 aromatic heterocycles. The summed E-state index contributed by atoms with van der Waals surface area (Å²) in [6.07, 6.45) is -5.40. The first kappa shape index (κ1) is 15.7. The van der Waals surface area contributed by atoms with Crippen LogP contribution < -0.4 is 4.74 Å². The lowest BCUT2D eigenvalue weighted by molar-refractivity contribution is -0.274. The minimum absolute atomic E-state index is 0.0389. The normalized spacial score (nSPS) is 11.3. The van der Waals surface area contributed by atoms with E-state index in [4.69, 9.17) is 5.11 Å². The van der Waals surface area contributed by atoms with E-state index in [1.165, 1.54) is 30.3 Å². The van der Waals surface area contributed by atoms with Crippen molar-refractivity contribution in [3.8, 4) is 16.9 Å². The van der Waals surface area contributed by atoms with Gasteiger partial charge in [-0.15, -0.1) is 13.2 Å². The van der Waals surface area contributed by atoms with Gasteiger partial charge in [0.05, 0.1) is 12.1 Å². The second kappa shape index (κ2) is 6.00. The average Bonchev–Trinajstić information content (AvgIpc) is 2.37. The van der Waals surface area contributed by atoms with Crippen LogP contribution in [0.15, 0.2) is 36.4 Å². The van der Waals surface area contributed by atoms with E-state index in [1.807, 2.05) is 0 Å². The van der Waals surface area contributed by atoms with Crippen LogP contribution in [0.2, 0.25) is 0 Å². The molecule has 1 aromatic carbocycles. The fourth-order valence-electron chi connectivity index (χ4n) is 1.83. The topological polar surface area (TPSA) is 59.4 Å². The maximum Gasteiger partial charge on any atom is 0.573 e. The first-order valence-electron chi connectivity index (χ1n) is 5.98. The van der Waals surface area contributed by atoms with Crippen molar-refractivity contribution < 1.29 is 32.2 Å². The zero-order valence-electron chi connectivity index (χ0n) is 10.9. The van der Waals surface area contributed by atoms with Gasteiger partial charge in [0.15, 0.2) is 0 Å². The molecular formula is C14H9F4NO3. The van der Waals surface area contributed by atoms with Crippen LogP contribution in [0.25, 0.3) is 11.1 Å². The number of alkyl halides is 3. The Morgan fingerprint density at radius 1 is 1.14 bits per heavy atom. The second-order valence-corrected chi connectivity index (χ2v) is 4.26. The van der Waals surface area contributed by atoms with Crippen molar-refractivity contribution in [2.24, 2.45) is 0 Å². The summed E-state index contributed by atoms with van der Waals surface area (Å²) in [4.78, 5) is 14.0. The Kier molecular flexibility index (Phi) is 4.30. The molecule has 22 heavy (non-hydrogen) atoms. The van der Waals surface area contributed by atoms with Crippen LogP contribution in [0.5, 0.6) is 5.75 Å². The summed E-state index contributed by atoms with van der Waals surface area (Å²) in [5.74, 6) is -2.83. The molecule has 0 atom stereocenters. The highest BCUT2D eigenvalue weighted by atomic mass is 19.4. The van der Waals surface area contributed by atoms with Crippen LogP contribution in [-0.2, 0) is 11.2 Å². The quantitative estimate of drug-likeness (QED) is 0.694. The molecule has 2 aromatic rings. The van der Waals surface area contributed by atoms with Gasteiger partial charge in [-0.25, -0.2) is 4.98 Å². The lowest BCUT2D eigenvalue weighted by Crippen LogP contribution is -2.17. The first-order valence-corrected chi connectivity index (χ1v) is 5.98. The number of aliphatic carboxylic acids is 1. The Morgan fingerprint density at radius 3 is 2.41 bits per heavy atom. The zero-order chi connectivity index (χ0) is 16.3. The number of para-hydroxylation sites is 1. The van der Waals surface area contributed by atoms with E-state index in [9.17, 15) is 22.4 Å². The lowest BCUT2D eigenvalue weighted by atomic mass is 10.1. The fourth-order valence-corrected chi connectivity index (χ4v) is 1.83. The Bertz CT molecular complexity index is 701. The fraction of sp³-hybridized carbons (Fsp3) is 0.143. The largest absolute Gasteiger partial charge is 0.573 e. The third kappa shape index (κ3) is 3.94.